The highest BCUT2D eigenvalue weighted by molar-refractivity contribution is 5.71. The molecule has 7 heteroatoms. The molecule has 1 aromatic carbocycles. The van der Waals surface area contributed by atoms with Crippen molar-refractivity contribution >= 4 is 6.03 Å². The lowest BCUT2D eigenvalue weighted by Crippen LogP contribution is -2.30. The van der Waals surface area contributed by atoms with Gasteiger partial charge in [0.05, 0.1) is 5.56 Å². The highest BCUT2D eigenvalue weighted by atomic mass is 19.4. The molecule has 3 N–H and O–H groups in total. The van der Waals surface area contributed by atoms with Crippen molar-refractivity contribution in [2.24, 2.45) is 5.73 Å². The number of carbonyl (C=O) groups excluding carboxylic acids is 1. The molecule has 0 heterocycles. The van der Waals surface area contributed by atoms with Crippen LogP contribution in [0.15, 0.2) is 18.2 Å². The van der Waals surface area contributed by atoms with Crippen LogP contribution in [0.1, 0.15) is 11.1 Å². The standard InChI is InChI=1S/C10H10F4N2O/c11-8-5-6(3-4-16-9(15)17)1-2-7(8)10(12,13)14/h1-2,5H,3-4H2,(H3,15,16,17). The Morgan fingerprint density at radius 1 is 1.35 bits per heavy atom. The number of benzene rings is 1. The maximum Gasteiger partial charge on any atom is 0.419 e. The summed E-state index contributed by atoms with van der Waals surface area (Å²) in [6.07, 6.45) is -4.49. The lowest BCUT2D eigenvalue weighted by molar-refractivity contribution is -0.140. The van der Waals surface area contributed by atoms with Gasteiger partial charge in [-0.1, -0.05) is 6.07 Å². The second kappa shape index (κ2) is 5.03. The molecule has 2 amide bonds. The van der Waals surface area contributed by atoms with Crippen LogP contribution in [-0.4, -0.2) is 12.6 Å². The van der Waals surface area contributed by atoms with E-state index in [2.05, 4.69) is 5.32 Å². The molecule has 17 heavy (non-hydrogen) atoms. The third-order valence-corrected chi connectivity index (χ3v) is 2.05. The maximum atomic E-state index is 13.1. The van der Waals surface area contributed by atoms with E-state index in [-0.39, 0.29) is 13.0 Å². The molecule has 1 rings (SSSR count). The van der Waals surface area contributed by atoms with Gasteiger partial charge in [-0.05, 0) is 24.1 Å². The summed E-state index contributed by atoms with van der Waals surface area (Å²) in [5.74, 6) is -1.32. The minimum absolute atomic E-state index is 0.139. The third kappa shape index (κ3) is 3.93. The Balaban J connectivity index is 2.72. The number of hydrogen-bond acceptors (Lipinski definition) is 1. The van der Waals surface area contributed by atoms with Gasteiger partial charge < -0.3 is 11.1 Å². The van der Waals surface area contributed by atoms with Gasteiger partial charge in [-0.3, -0.25) is 0 Å². The van der Waals surface area contributed by atoms with Crippen LogP contribution in [0.2, 0.25) is 0 Å². The number of halogens is 4. The highest BCUT2D eigenvalue weighted by Crippen LogP contribution is 2.31. The smallest absolute Gasteiger partial charge is 0.352 e. The summed E-state index contributed by atoms with van der Waals surface area (Å²) < 4.78 is 49.8. The summed E-state index contributed by atoms with van der Waals surface area (Å²) in [4.78, 5) is 10.3. The number of nitrogens with one attached hydrogen (secondary N) is 1. The number of carbonyl (C=O) groups is 1. The van der Waals surface area contributed by atoms with Gasteiger partial charge in [-0.2, -0.15) is 13.2 Å². The van der Waals surface area contributed by atoms with E-state index >= 15 is 0 Å². The number of hydrogen-bond donors (Lipinski definition) is 2. The lowest BCUT2D eigenvalue weighted by atomic mass is 10.1. The second-order valence-corrected chi connectivity index (χ2v) is 3.35. The molecule has 0 spiro atoms. The van der Waals surface area contributed by atoms with E-state index < -0.39 is 23.6 Å². The number of rotatable bonds is 3. The van der Waals surface area contributed by atoms with Crippen molar-refractivity contribution in [3.05, 3.63) is 35.1 Å². The average molecular weight is 250 g/mol. The monoisotopic (exact) mass is 250 g/mol. The van der Waals surface area contributed by atoms with Crippen molar-refractivity contribution in [3.63, 3.8) is 0 Å². The molecule has 94 valence electrons. The highest BCUT2D eigenvalue weighted by Gasteiger charge is 2.33. The quantitative estimate of drug-likeness (QED) is 0.792. The van der Waals surface area contributed by atoms with Crippen molar-refractivity contribution in [1.29, 1.82) is 0 Å². The lowest BCUT2D eigenvalue weighted by Gasteiger charge is -2.09. The minimum atomic E-state index is -4.70. The van der Waals surface area contributed by atoms with Crippen LogP contribution in [0.3, 0.4) is 0 Å². The molecule has 0 radical (unpaired) electrons. The topological polar surface area (TPSA) is 55.1 Å². The summed E-state index contributed by atoms with van der Waals surface area (Å²) in [5, 5.41) is 2.25. The van der Waals surface area contributed by atoms with Gasteiger partial charge in [0, 0.05) is 6.54 Å². The zero-order chi connectivity index (χ0) is 13.1. The van der Waals surface area contributed by atoms with Crippen molar-refractivity contribution in [1.82, 2.24) is 5.32 Å². The average Bonchev–Trinajstić information content (AvgIpc) is 2.14. The summed E-state index contributed by atoms with van der Waals surface area (Å²) in [6.45, 7) is 0.139. The summed E-state index contributed by atoms with van der Waals surface area (Å²) in [7, 11) is 0. The van der Waals surface area contributed by atoms with Crippen LogP contribution in [0.4, 0.5) is 22.4 Å². The summed E-state index contributed by atoms with van der Waals surface area (Å²) >= 11 is 0. The van der Waals surface area contributed by atoms with Gasteiger partial charge in [0.15, 0.2) is 0 Å². The first-order valence-electron chi connectivity index (χ1n) is 4.69. The van der Waals surface area contributed by atoms with Crippen LogP contribution < -0.4 is 11.1 Å². The van der Waals surface area contributed by atoms with E-state index in [4.69, 9.17) is 5.73 Å². The van der Waals surface area contributed by atoms with E-state index in [1.807, 2.05) is 0 Å². The first-order valence-corrected chi connectivity index (χ1v) is 4.69. The molecule has 0 unspecified atom stereocenters. The molecule has 0 aromatic heterocycles. The SMILES string of the molecule is NC(=O)NCCc1ccc(C(F)(F)F)c(F)c1. The summed E-state index contributed by atoms with van der Waals surface area (Å²) in [6, 6.07) is 1.90. The van der Waals surface area contributed by atoms with Gasteiger partial charge in [0.1, 0.15) is 5.82 Å². The number of nitrogens with two attached hydrogens (primary N) is 1. The van der Waals surface area contributed by atoms with Gasteiger partial charge >= 0.3 is 12.2 Å². The van der Waals surface area contributed by atoms with Crippen molar-refractivity contribution in [2.45, 2.75) is 12.6 Å². The largest absolute Gasteiger partial charge is 0.419 e. The van der Waals surface area contributed by atoms with Gasteiger partial charge in [0.25, 0.3) is 0 Å². The van der Waals surface area contributed by atoms with Gasteiger partial charge in [-0.25, -0.2) is 9.18 Å². The van der Waals surface area contributed by atoms with Crippen LogP contribution in [-0.2, 0) is 12.6 Å². The number of alkyl halides is 3. The third-order valence-electron chi connectivity index (χ3n) is 2.05. The molecule has 1 aromatic rings. The Morgan fingerprint density at radius 3 is 2.47 bits per heavy atom. The molecule has 0 fully saturated rings. The Kier molecular flexibility index (Phi) is 3.93. The molecular formula is C10H10F4N2O. The molecule has 0 bridgehead atoms. The van der Waals surface area contributed by atoms with Crippen LogP contribution in [0.5, 0.6) is 0 Å². The fourth-order valence-electron chi connectivity index (χ4n) is 1.27. The molecule has 0 saturated heterocycles. The van der Waals surface area contributed by atoms with Crippen molar-refractivity contribution < 1.29 is 22.4 Å². The number of urea groups is 1. The Morgan fingerprint density at radius 2 is 2.00 bits per heavy atom. The first-order chi connectivity index (χ1) is 7.80. The molecule has 0 atom stereocenters. The number of primary amides is 1. The predicted octanol–water partition coefficient (Wildman–Crippen LogP) is 2.06. The van der Waals surface area contributed by atoms with Crippen LogP contribution in [0.25, 0.3) is 0 Å². The van der Waals surface area contributed by atoms with Gasteiger partial charge in [-0.15, -0.1) is 0 Å². The Hall–Kier alpha value is -1.79. The molecule has 0 aliphatic carbocycles. The van der Waals surface area contributed by atoms with Gasteiger partial charge in [0.2, 0.25) is 0 Å². The number of amides is 2. The molecule has 0 saturated carbocycles. The fraction of sp³-hybridized carbons (Fsp3) is 0.300. The van der Waals surface area contributed by atoms with Crippen LogP contribution in [0, 0.1) is 5.82 Å². The van der Waals surface area contributed by atoms with E-state index in [0.29, 0.717) is 11.6 Å². The molecule has 0 aliphatic heterocycles. The molecule has 0 aliphatic rings. The maximum absolute atomic E-state index is 13.1. The molecule has 3 nitrogen and oxygen atoms in total. The van der Waals surface area contributed by atoms with E-state index in [0.717, 1.165) is 12.1 Å². The summed E-state index contributed by atoms with van der Waals surface area (Å²) in [5.41, 5.74) is 3.84. The minimum Gasteiger partial charge on any atom is -0.352 e. The van der Waals surface area contributed by atoms with Crippen molar-refractivity contribution in [3.8, 4) is 0 Å². The fourth-order valence-corrected chi connectivity index (χ4v) is 1.27. The second-order valence-electron chi connectivity index (χ2n) is 3.35. The zero-order valence-corrected chi connectivity index (χ0v) is 8.64. The first kappa shape index (κ1) is 13.3. The Labute approximate surface area is 94.6 Å². The van der Waals surface area contributed by atoms with E-state index in [9.17, 15) is 22.4 Å². The van der Waals surface area contributed by atoms with Crippen LogP contribution >= 0.6 is 0 Å². The Bertz CT molecular complexity index is 417. The predicted molar refractivity (Wildman–Crippen MR) is 52.7 cm³/mol. The molecular weight excluding hydrogens is 240 g/mol. The normalized spacial score (nSPS) is 11.3. The van der Waals surface area contributed by atoms with E-state index in [1.54, 1.807) is 0 Å². The van der Waals surface area contributed by atoms with E-state index in [1.165, 1.54) is 0 Å². The van der Waals surface area contributed by atoms with Crippen molar-refractivity contribution in [2.75, 3.05) is 6.54 Å². The zero-order valence-electron chi connectivity index (χ0n) is 8.64.